The lowest BCUT2D eigenvalue weighted by molar-refractivity contribution is 0.941. The molecule has 0 nitrogen and oxygen atoms in total. The molecule has 0 bridgehead atoms. The maximum absolute atomic E-state index is 3.48. The van der Waals surface area contributed by atoms with Crippen LogP contribution in [0.15, 0.2) is 40.9 Å². The van der Waals surface area contributed by atoms with Crippen molar-refractivity contribution in [2.75, 3.05) is 0 Å². The van der Waals surface area contributed by atoms with Crippen molar-refractivity contribution in [3.63, 3.8) is 0 Å². The van der Waals surface area contributed by atoms with E-state index in [1.54, 1.807) is 0 Å². The van der Waals surface area contributed by atoms with Crippen LogP contribution in [0.3, 0.4) is 0 Å². The van der Waals surface area contributed by atoms with Crippen LogP contribution >= 0.6 is 38.6 Å². The second-order valence-corrected chi connectivity index (χ2v) is 7.48. The molecular formula is C15H13BrS2. The number of aryl methyl sites for hydroxylation is 1. The van der Waals surface area contributed by atoms with Gasteiger partial charge in [0.15, 0.2) is 0 Å². The van der Waals surface area contributed by atoms with Gasteiger partial charge in [-0.05, 0) is 36.2 Å². The molecule has 0 saturated carbocycles. The highest BCUT2D eigenvalue weighted by molar-refractivity contribution is 9.10. The summed E-state index contributed by atoms with van der Waals surface area (Å²) in [6, 6.07) is 13.2. The summed E-state index contributed by atoms with van der Waals surface area (Å²) in [7, 11) is 0. The Labute approximate surface area is 123 Å². The fraction of sp³-hybridized carbons (Fsp3) is 0.200. The molecule has 3 rings (SSSR count). The number of fused-ring (bicyclic) bond motifs is 1. The molecule has 2 aromatic heterocycles. The zero-order chi connectivity index (χ0) is 12.5. The summed E-state index contributed by atoms with van der Waals surface area (Å²) >= 11 is 7.32. The molecule has 3 heteroatoms. The van der Waals surface area contributed by atoms with E-state index in [2.05, 4.69) is 59.3 Å². The van der Waals surface area contributed by atoms with Crippen molar-refractivity contribution in [1.29, 1.82) is 0 Å². The summed E-state index contributed by atoms with van der Waals surface area (Å²) in [5, 5.41) is 0. The van der Waals surface area contributed by atoms with Gasteiger partial charge in [-0.15, -0.1) is 22.7 Å². The Balaban J connectivity index is 1.98. The standard InChI is InChI=1S/C15H13BrS2/c1-2-3-12-8-14-15(17-12)9-13(18-14)10-4-6-11(16)7-5-10/h4-9H,2-3H2,1H3. The van der Waals surface area contributed by atoms with Crippen molar-refractivity contribution in [2.24, 2.45) is 0 Å². The Morgan fingerprint density at radius 2 is 1.72 bits per heavy atom. The van der Waals surface area contributed by atoms with Crippen molar-refractivity contribution in [3.8, 4) is 10.4 Å². The third kappa shape index (κ3) is 2.40. The quantitative estimate of drug-likeness (QED) is 0.523. The first-order valence-electron chi connectivity index (χ1n) is 6.04. The predicted molar refractivity (Wildman–Crippen MR) is 86.8 cm³/mol. The van der Waals surface area contributed by atoms with E-state index in [0.29, 0.717) is 0 Å². The molecule has 0 aliphatic rings. The molecule has 1 aromatic carbocycles. The zero-order valence-corrected chi connectivity index (χ0v) is 13.3. The van der Waals surface area contributed by atoms with Crippen molar-refractivity contribution in [2.45, 2.75) is 19.8 Å². The summed E-state index contributed by atoms with van der Waals surface area (Å²) < 4.78 is 4.00. The van der Waals surface area contributed by atoms with Gasteiger partial charge in [0.2, 0.25) is 0 Å². The Hall–Kier alpha value is -0.640. The van der Waals surface area contributed by atoms with Crippen LogP contribution in [-0.4, -0.2) is 0 Å². The highest BCUT2D eigenvalue weighted by atomic mass is 79.9. The maximum Gasteiger partial charge on any atom is 0.0460 e. The first-order valence-corrected chi connectivity index (χ1v) is 8.47. The van der Waals surface area contributed by atoms with Crippen LogP contribution in [0, 0.1) is 0 Å². The lowest BCUT2D eigenvalue weighted by atomic mass is 10.2. The lowest BCUT2D eigenvalue weighted by Crippen LogP contribution is -1.72. The van der Waals surface area contributed by atoms with Gasteiger partial charge in [0.1, 0.15) is 0 Å². The molecule has 0 radical (unpaired) electrons. The van der Waals surface area contributed by atoms with Gasteiger partial charge in [-0.25, -0.2) is 0 Å². The number of rotatable bonds is 3. The number of hydrogen-bond acceptors (Lipinski definition) is 2. The molecular weight excluding hydrogens is 324 g/mol. The molecule has 18 heavy (non-hydrogen) atoms. The molecule has 0 aliphatic carbocycles. The molecule has 0 saturated heterocycles. The first-order chi connectivity index (χ1) is 8.76. The Morgan fingerprint density at radius 3 is 2.39 bits per heavy atom. The van der Waals surface area contributed by atoms with Crippen molar-refractivity contribution in [1.82, 2.24) is 0 Å². The fourth-order valence-corrected chi connectivity index (χ4v) is 4.81. The van der Waals surface area contributed by atoms with Crippen LogP contribution in [0.4, 0.5) is 0 Å². The minimum absolute atomic E-state index is 1.13. The van der Waals surface area contributed by atoms with Gasteiger partial charge in [0, 0.05) is 23.6 Å². The summed E-state index contributed by atoms with van der Waals surface area (Å²) in [5.74, 6) is 0. The largest absolute Gasteiger partial charge is 0.139 e. The molecule has 3 aromatic rings. The van der Waals surface area contributed by atoms with E-state index in [-0.39, 0.29) is 0 Å². The van der Waals surface area contributed by atoms with E-state index in [4.69, 9.17) is 0 Å². The first kappa shape index (κ1) is 12.4. The molecule has 0 aliphatic heterocycles. The third-order valence-electron chi connectivity index (χ3n) is 2.88. The Bertz CT molecular complexity index is 630. The summed E-state index contributed by atoms with van der Waals surface area (Å²) in [6.07, 6.45) is 2.44. The molecule has 0 atom stereocenters. The fourth-order valence-electron chi connectivity index (χ4n) is 2.01. The molecule has 0 N–H and O–H groups in total. The average Bonchev–Trinajstić information content (AvgIpc) is 2.88. The van der Waals surface area contributed by atoms with Crippen LogP contribution in [-0.2, 0) is 6.42 Å². The van der Waals surface area contributed by atoms with Crippen LogP contribution in [0.5, 0.6) is 0 Å². The van der Waals surface area contributed by atoms with Crippen molar-refractivity contribution < 1.29 is 0 Å². The number of halogens is 1. The second-order valence-electron chi connectivity index (χ2n) is 4.31. The van der Waals surface area contributed by atoms with Gasteiger partial charge in [-0.3, -0.25) is 0 Å². The van der Waals surface area contributed by atoms with Crippen LogP contribution in [0.1, 0.15) is 18.2 Å². The molecule has 2 heterocycles. The third-order valence-corrected chi connectivity index (χ3v) is 5.81. The van der Waals surface area contributed by atoms with Crippen molar-refractivity contribution >= 4 is 48.0 Å². The van der Waals surface area contributed by atoms with Gasteiger partial charge in [-0.2, -0.15) is 0 Å². The maximum atomic E-state index is 3.48. The van der Waals surface area contributed by atoms with Gasteiger partial charge < -0.3 is 0 Å². The summed E-state index contributed by atoms with van der Waals surface area (Å²) in [4.78, 5) is 2.88. The van der Waals surface area contributed by atoms with Gasteiger partial charge in [-0.1, -0.05) is 41.4 Å². The van der Waals surface area contributed by atoms with Gasteiger partial charge in [0.25, 0.3) is 0 Å². The SMILES string of the molecule is CCCc1cc2sc(-c3ccc(Br)cc3)cc2s1. The highest BCUT2D eigenvalue weighted by Crippen LogP contribution is 2.38. The smallest absolute Gasteiger partial charge is 0.0460 e. The minimum atomic E-state index is 1.13. The molecule has 92 valence electrons. The van der Waals surface area contributed by atoms with Crippen LogP contribution < -0.4 is 0 Å². The number of hydrogen-bond donors (Lipinski definition) is 0. The minimum Gasteiger partial charge on any atom is -0.139 e. The van der Waals surface area contributed by atoms with E-state index in [1.165, 1.54) is 37.6 Å². The van der Waals surface area contributed by atoms with E-state index in [0.717, 1.165) is 4.47 Å². The highest BCUT2D eigenvalue weighted by Gasteiger charge is 2.08. The van der Waals surface area contributed by atoms with Crippen LogP contribution in [0.25, 0.3) is 19.8 Å². The molecule has 0 fully saturated rings. The topological polar surface area (TPSA) is 0 Å². The zero-order valence-electron chi connectivity index (χ0n) is 10.1. The van der Waals surface area contributed by atoms with Crippen LogP contribution in [0.2, 0.25) is 0 Å². The van der Waals surface area contributed by atoms with E-state index < -0.39 is 0 Å². The van der Waals surface area contributed by atoms with E-state index >= 15 is 0 Å². The van der Waals surface area contributed by atoms with Gasteiger partial charge >= 0.3 is 0 Å². The lowest BCUT2D eigenvalue weighted by Gasteiger charge is -1.96. The van der Waals surface area contributed by atoms with Crippen molar-refractivity contribution in [3.05, 3.63) is 45.7 Å². The number of benzene rings is 1. The molecule has 0 spiro atoms. The molecule has 0 unspecified atom stereocenters. The Kier molecular flexibility index (Phi) is 3.55. The predicted octanol–water partition coefficient (Wildman–Crippen LogP) is 6.34. The second kappa shape index (κ2) is 5.16. The summed E-state index contributed by atoms with van der Waals surface area (Å²) in [5.41, 5.74) is 1.31. The van der Waals surface area contributed by atoms with E-state index in [1.807, 2.05) is 22.7 Å². The van der Waals surface area contributed by atoms with E-state index in [9.17, 15) is 0 Å². The normalized spacial score (nSPS) is 11.2. The number of thiophene rings is 2. The summed E-state index contributed by atoms with van der Waals surface area (Å²) in [6.45, 7) is 2.24. The monoisotopic (exact) mass is 336 g/mol. The van der Waals surface area contributed by atoms with Gasteiger partial charge in [0.05, 0.1) is 0 Å². The Morgan fingerprint density at radius 1 is 1.00 bits per heavy atom. The molecule has 0 amide bonds. The average molecular weight is 337 g/mol.